The molecule has 0 aliphatic heterocycles. The van der Waals surface area contributed by atoms with Crippen molar-refractivity contribution in [1.82, 2.24) is 5.32 Å². The number of alkyl halides is 2. The molecular formula is C17H18F2N2O5. The summed E-state index contributed by atoms with van der Waals surface area (Å²) in [7, 11) is 0. The van der Waals surface area contributed by atoms with Gasteiger partial charge in [-0.05, 0) is 25.1 Å². The minimum atomic E-state index is -2.67. The first-order valence-electron chi connectivity index (χ1n) is 7.97. The van der Waals surface area contributed by atoms with Gasteiger partial charge in [0.1, 0.15) is 23.1 Å². The zero-order valence-corrected chi connectivity index (χ0v) is 13.9. The summed E-state index contributed by atoms with van der Waals surface area (Å²) in [5.74, 6) is -4.37. The molecule has 1 aromatic heterocycles. The summed E-state index contributed by atoms with van der Waals surface area (Å²) in [5, 5.41) is 11.9. The average molecular weight is 368 g/mol. The van der Waals surface area contributed by atoms with E-state index >= 15 is 0 Å². The highest BCUT2D eigenvalue weighted by Gasteiger charge is 2.57. The van der Waals surface area contributed by atoms with Crippen LogP contribution in [-0.4, -0.2) is 42.1 Å². The van der Waals surface area contributed by atoms with Crippen LogP contribution in [0.4, 0.5) is 8.78 Å². The highest BCUT2D eigenvalue weighted by Crippen LogP contribution is 2.48. The van der Waals surface area contributed by atoms with Gasteiger partial charge in [0, 0.05) is 11.8 Å². The highest BCUT2D eigenvalue weighted by atomic mass is 19.3. The van der Waals surface area contributed by atoms with Crippen LogP contribution in [0.25, 0.3) is 11.0 Å². The number of primary amides is 1. The third kappa shape index (κ3) is 3.48. The van der Waals surface area contributed by atoms with Crippen LogP contribution in [-0.2, 0) is 4.79 Å². The first-order valence-corrected chi connectivity index (χ1v) is 7.97. The number of hydrogen-bond donors (Lipinski definition) is 3. The number of ether oxygens (including phenoxy) is 1. The van der Waals surface area contributed by atoms with Gasteiger partial charge in [0.15, 0.2) is 0 Å². The van der Waals surface area contributed by atoms with Gasteiger partial charge in [-0.25, -0.2) is 8.78 Å². The molecule has 0 spiro atoms. The molecule has 1 heterocycles. The fourth-order valence-electron chi connectivity index (χ4n) is 2.66. The van der Waals surface area contributed by atoms with Crippen LogP contribution in [0.5, 0.6) is 5.75 Å². The van der Waals surface area contributed by atoms with Crippen LogP contribution in [0.1, 0.15) is 22.5 Å². The summed E-state index contributed by atoms with van der Waals surface area (Å²) < 4.78 is 36.8. The third-order valence-electron chi connectivity index (χ3n) is 4.30. The fourth-order valence-corrected chi connectivity index (χ4v) is 2.66. The number of nitrogens with one attached hydrogen (secondary N) is 1. The van der Waals surface area contributed by atoms with Crippen molar-refractivity contribution in [3.63, 3.8) is 0 Å². The summed E-state index contributed by atoms with van der Waals surface area (Å²) in [5.41, 5.74) is 5.66. The molecule has 1 saturated carbocycles. The summed E-state index contributed by atoms with van der Waals surface area (Å²) in [6.07, 6.45) is -0.191. The first kappa shape index (κ1) is 18.1. The molecule has 1 fully saturated rings. The van der Waals surface area contributed by atoms with Gasteiger partial charge in [-0.3, -0.25) is 9.59 Å². The van der Waals surface area contributed by atoms with Crippen LogP contribution < -0.4 is 15.8 Å². The van der Waals surface area contributed by atoms with Crippen molar-refractivity contribution in [2.24, 2.45) is 11.7 Å². The number of rotatable bonds is 7. The molecule has 2 atom stereocenters. The third-order valence-corrected chi connectivity index (χ3v) is 4.30. The SMILES string of the molecule is Cc1oc2ccc(OCC3CC3(F)F)cc2c1C(=O)N[C@@H](CO)C(N)=O. The number of carbonyl (C=O) groups is 2. The maximum absolute atomic E-state index is 12.9. The van der Waals surface area contributed by atoms with E-state index in [9.17, 15) is 18.4 Å². The maximum Gasteiger partial charge on any atom is 0.256 e. The molecule has 9 heteroatoms. The van der Waals surface area contributed by atoms with E-state index in [1.807, 2.05) is 0 Å². The van der Waals surface area contributed by atoms with E-state index in [0.717, 1.165) is 0 Å². The minimum Gasteiger partial charge on any atom is -0.493 e. The van der Waals surface area contributed by atoms with Crippen molar-refractivity contribution in [2.45, 2.75) is 25.3 Å². The standard InChI is InChI=1S/C17H18F2N2O5/c1-8-14(16(24)21-12(6-22)15(20)23)11-4-10(2-3-13(11)26-8)25-7-9-5-17(9,18)19/h2-4,9,12,22H,5-7H2,1H3,(H2,20,23)(H,21,24)/t9?,12-/m0/s1. The van der Waals surface area contributed by atoms with E-state index < -0.39 is 36.3 Å². The van der Waals surface area contributed by atoms with Gasteiger partial charge in [-0.2, -0.15) is 0 Å². The predicted molar refractivity (Wildman–Crippen MR) is 87.0 cm³/mol. The van der Waals surface area contributed by atoms with Gasteiger partial charge < -0.3 is 25.3 Å². The second-order valence-electron chi connectivity index (χ2n) is 6.28. The molecular weight excluding hydrogens is 350 g/mol. The highest BCUT2D eigenvalue weighted by molar-refractivity contribution is 6.08. The molecule has 2 aromatic rings. The van der Waals surface area contributed by atoms with Crippen molar-refractivity contribution in [3.8, 4) is 5.75 Å². The Labute approximate surface area is 147 Å². The van der Waals surface area contributed by atoms with E-state index in [4.69, 9.17) is 20.0 Å². The molecule has 4 N–H and O–H groups in total. The average Bonchev–Trinajstić information content (AvgIpc) is 3.04. The molecule has 0 radical (unpaired) electrons. The van der Waals surface area contributed by atoms with Crippen LogP contribution in [0.2, 0.25) is 0 Å². The number of carbonyl (C=O) groups excluding carboxylic acids is 2. The van der Waals surface area contributed by atoms with Crippen molar-refractivity contribution >= 4 is 22.8 Å². The Balaban J connectivity index is 1.82. The number of hydrogen-bond acceptors (Lipinski definition) is 5. The molecule has 0 bridgehead atoms. The van der Waals surface area contributed by atoms with Gasteiger partial charge in [0.05, 0.1) is 24.7 Å². The number of fused-ring (bicyclic) bond motifs is 1. The van der Waals surface area contributed by atoms with Crippen molar-refractivity contribution in [3.05, 3.63) is 29.5 Å². The molecule has 7 nitrogen and oxygen atoms in total. The van der Waals surface area contributed by atoms with Gasteiger partial charge in [0.25, 0.3) is 11.8 Å². The number of amides is 2. The van der Waals surface area contributed by atoms with Crippen LogP contribution >= 0.6 is 0 Å². The van der Waals surface area contributed by atoms with Gasteiger partial charge in [-0.15, -0.1) is 0 Å². The lowest BCUT2D eigenvalue weighted by Gasteiger charge is -2.12. The Bertz CT molecular complexity index is 864. The van der Waals surface area contributed by atoms with Crippen LogP contribution in [0.3, 0.4) is 0 Å². The number of aliphatic hydroxyl groups is 1. The second kappa shape index (κ2) is 6.56. The van der Waals surface area contributed by atoms with Crippen LogP contribution in [0, 0.1) is 12.8 Å². The number of aliphatic hydroxyl groups excluding tert-OH is 1. The Kier molecular flexibility index (Phi) is 4.57. The van der Waals surface area contributed by atoms with Crippen molar-refractivity contribution in [2.75, 3.05) is 13.2 Å². The summed E-state index contributed by atoms with van der Waals surface area (Å²) in [6, 6.07) is 3.41. The van der Waals surface area contributed by atoms with E-state index in [1.165, 1.54) is 6.07 Å². The summed E-state index contributed by atoms with van der Waals surface area (Å²) in [6.45, 7) is 0.809. The topological polar surface area (TPSA) is 115 Å². The van der Waals surface area contributed by atoms with Crippen molar-refractivity contribution in [1.29, 1.82) is 0 Å². The fraction of sp³-hybridized carbons (Fsp3) is 0.412. The molecule has 2 amide bonds. The lowest BCUT2D eigenvalue weighted by atomic mass is 10.1. The van der Waals surface area contributed by atoms with Crippen LogP contribution in [0.15, 0.2) is 22.6 Å². The molecule has 1 aromatic carbocycles. The number of furan rings is 1. The van der Waals surface area contributed by atoms with E-state index in [0.29, 0.717) is 22.5 Å². The molecule has 26 heavy (non-hydrogen) atoms. The minimum absolute atomic E-state index is 0.120. The number of nitrogens with two attached hydrogens (primary N) is 1. The number of aryl methyl sites for hydroxylation is 1. The monoisotopic (exact) mass is 368 g/mol. The van der Waals surface area contributed by atoms with Gasteiger partial charge >= 0.3 is 0 Å². The van der Waals surface area contributed by atoms with Crippen molar-refractivity contribution < 1.29 is 32.6 Å². The van der Waals surface area contributed by atoms with E-state index in [-0.39, 0.29) is 18.6 Å². The summed E-state index contributed by atoms with van der Waals surface area (Å²) >= 11 is 0. The zero-order valence-electron chi connectivity index (χ0n) is 13.9. The predicted octanol–water partition coefficient (Wildman–Crippen LogP) is 1.35. The molecule has 0 saturated heterocycles. The summed E-state index contributed by atoms with van der Waals surface area (Å²) in [4.78, 5) is 23.6. The molecule has 1 unspecified atom stereocenters. The van der Waals surface area contributed by atoms with E-state index in [2.05, 4.69) is 5.32 Å². The quantitative estimate of drug-likeness (QED) is 0.682. The van der Waals surface area contributed by atoms with E-state index in [1.54, 1.807) is 19.1 Å². The smallest absolute Gasteiger partial charge is 0.256 e. The Hall–Kier alpha value is -2.68. The Morgan fingerprint density at radius 3 is 2.77 bits per heavy atom. The molecule has 140 valence electrons. The zero-order chi connectivity index (χ0) is 19.1. The normalized spacial score (nSPS) is 19.2. The lowest BCUT2D eigenvalue weighted by Crippen LogP contribution is -2.46. The molecule has 1 aliphatic carbocycles. The number of benzene rings is 1. The molecule has 3 rings (SSSR count). The molecule has 1 aliphatic rings. The Morgan fingerprint density at radius 1 is 1.50 bits per heavy atom. The Morgan fingerprint density at radius 2 is 2.19 bits per heavy atom. The first-order chi connectivity index (χ1) is 12.2. The second-order valence-corrected chi connectivity index (χ2v) is 6.28. The lowest BCUT2D eigenvalue weighted by molar-refractivity contribution is -0.120. The van der Waals surface area contributed by atoms with Gasteiger partial charge in [-0.1, -0.05) is 0 Å². The largest absolute Gasteiger partial charge is 0.493 e. The maximum atomic E-state index is 12.9. The number of halogens is 2. The van der Waals surface area contributed by atoms with Gasteiger partial charge in [0.2, 0.25) is 5.91 Å².